The van der Waals surface area contributed by atoms with Gasteiger partial charge in [-0.25, -0.2) is 0 Å². The van der Waals surface area contributed by atoms with Crippen molar-refractivity contribution in [3.05, 3.63) is 0 Å². The molecule has 1 aliphatic heterocycles. The molecule has 1 N–H and O–H groups in total. The SMILES string of the molecule is CCCCCCCCCC[C@H]1O[C@@H]1[C@@H](O)C(C)C. The van der Waals surface area contributed by atoms with Crippen LogP contribution in [-0.2, 0) is 4.74 Å². The topological polar surface area (TPSA) is 32.8 Å². The number of aliphatic hydroxyl groups excluding tert-OH is 1. The summed E-state index contributed by atoms with van der Waals surface area (Å²) in [5.74, 6) is 0.318. The van der Waals surface area contributed by atoms with Crippen molar-refractivity contribution in [1.29, 1.82) is 0 Å². The van der Waals surface area contributed by atoms with Gasteiger partial charge in [-0.1, -0.05) is 72.1 Å². The highest BCUT2D eigenvalue weighted by Crippen LogP contribution is 2.32. The van der Waals surface area contributed by atoms with Gasteiger partial charge in [-0.15, -0.1) is 0 Å². The molecule has 0 unspecified atom stereocenters. The Labute approximate surface area is 113 Å². The van der Waals surface area contributed by atoms with Crippen LogP contribution < -0.4 is 0 Å². The van der Waals surface area contributed by atoms with E-state index in [2.05, 4.69) is 20.8 Å². The van der Waals surface area contributed by atoms with Crippen molar-refractivity contribution in [3.63, 3.8) is 0 Å². The van der Waals surface area contributed by atoms with Crippen LogP contribution in [0.3, 0.4) is 0 Å². The van der Waals surface area contributed by atoms with Gasteiger partial charge in [0.2, 0.25) is 0 Å². The quantitative estimate of drug-likeness (QED) is 0.441. The van der Waals surface area contributed by atoms with Gasteiger partial charge in [0.1, 0.15) is 6.10 Å². The minimum absolute atomic E-state index is 0.134. The van der Waals surface area contributed by atoms with Crippen LogP contribution in [0.5, 0.6) is 0 Å². The summed E-state index contributed by atoms with van der Waals surface area (Å²) in [5.41, 5.74) is 0. The largest absolute Gasteiger partial charge is 0.390 e. The van der Waals surface area contributed by atoms with E-state index in [0.717, 1.165) is 6.42 Å². The molecule has 0 aromatic carbocycles. The highest BCUT2D eigenvalue weighted by atomic mass is 16.6. The summed E-state index contributed by atoms with van der Waals surface area (Å²) in [6.07, 6.45) is 12.3. The first-order valence-electron chi connectivity index (χ1n) is 8.00. The number of aliphatic hydroxyl groups is 1. The molecule has 108 valence electrons. The Hall–Kier alpha value is -0.0800. The first kappa shape index (κ1) is 16.0. The highest BCUT2D eigenvalue weighted by molar-refractivity contribution is 4.91. The zero-order valence-corrected chi connectivity index (χ0v) is 12.5. The van der Waals surface area contributed by atoms with Gasteiger partial charge < -0.3 is 9.84 Å². The lowest BCUT2D eigenvalue weighted by molar-refractivity contribution is 0.0922. The third-order valence-electron chi connectivity index (χ3n) is 3.98. The molecule has 18 heavy (non-hydrogen) atoms. The predicted molar refractivity (Wildman–Crippen MR) is 76.7 cm³/mol. The summed E-state index contributed by atoms with van der Waals surface area (Å²) in [6, 6.07) is 0. The van der Waals surface area contributed by atoms with Crippen LogP contribution in [0.15, 0.2) is 0 Å². The number of ether oxygens (including phenoxy) is 1. The third-order valence-corrected chi connectivity index (χ3v) is 3.98. The van der Waals surface area contributed by atoms with Crippen LogP contribution in [0.2, 0.25) is 0 Å². The Morgan fingerprint density at radius 2 is 1.50 bits per heavy atom. The summed E-state index contributed by atoms with van der Waals surface area (Å²) < 4.78 is 5.55. The maximum Gasteiger partial charge on any atom is 0.110 e. The number of hydrogen-bond donors (Lipinski definition) is 1. The standard InChI is InChI=1S/C16H32O2/c1-4-5-6-7-8-9-10-11-12-14-16(18-14)15(17)13(2)3/h13-17H,4-12H2,1-3H3/t14-,15+,16+/m1/s1. The van der Waals surface area contributed by atoms with Crippen molar-refractivity contribution in [2.75, 3.05) is 0 Å². The molecule has 0 aromatic heterocycles. The lowest BCUT2D eigenvalue weighted by atomic mass is 10.00. The summed E-state index contributed by atoms with van der Waals surface area (Å²) in [6.45, 7) is 6.37. The third kappa shape index (κ3) is 6.19. The molecule has 0 spiro atoms. The van der Waals surface area contributed by atoms with Gasteiger partial charge in [0.15, 0.2) is 0 Å². The number of hydrogen-bond acceptors (Lipinski definition) is 2. The van der Waals surface area contributed by atoms with Crippen molar-refractivity contribution >= 4 is 0 Å². The van der Waals surface area contributed by atoms with E-state index < -0.39 is 0 Å². The van der Waals surface area contributed by atoms with Gasteiger partial charge in [0.25, 0.3) is 0 Å². The Morgan fingerprint density at radius 3 is 2.06 bits per heavy atom. The molecule has 0 bridgehead atoms. The fourth-order valence-corrected chi connectivity index (χ4v) is 2.55. The number of epoxide rings is 1. The molecule has 1 heterocycles. The van der Waals surface area contributed by atoms with Crippen molar-refractivity contribution < 1.29 is 9.84 Å². The van der Waals surface area contributed by atoms with E-state index >= 15 is 0 Å². The normalized spacial score (nSPS) is 24.5. The first-order chi connectivity index (χ1) is 8.66. The molecule has 0 radical (unpaired) electrons. The molecule has 1 rings (SSSR count). The van der Waals surface area contributed by atoms with Crippen LogP contribution in [0.25, 0.3) is 0 Å². The van der Waals surface area contributed by atoms with E-state index in [0.29, 0.717) is 12.0 Å². The maximum atomic E-state index is 9.83. The molecule has 0 aromatic rings. The fourth-order valence-electron chi connectivity index (χ4n) is 2.55. The van der Waals surface area contributed by atoms with Gasteiger partial charge >= 0.3 is 0 Å². The smallest absolute Gasteiger partial charge is 0.110 e. The van der Waals surface area contributed by atoms with Crippen molar-refractivity contribution in [2.45, 2.75) is 96.9 Å². The van der Waals surface area contributed by atoms with E-state index in [1.807, 2.05) is 0 Å². The Balaban J connectivity index is 1.85. The number of rotatable bonds is 11. The minimum Gasteiger partial charge on any atom is -0.390 e. The Morgan fingerprint density at radius 1 is 0.944 bits per heavy atom. The van der Waals surface area contributed by atoms with E-state index in [1.165, 1.54) is 51.4 Å². The van der Waals surface area contributed by atoms with Crippen molar-refractivity contribution in [1.82, 2.24) is 0 Å². The molecule has 1 fully saturated rings. The van der Waals surface area contributed by atoms with Crippen molar-refractivity contribution in [2.24, 2.45) is 5.92 Å². The molecule has 2 heteroatoms. The zero-order valence-electron chi connectivity index (χ0n) is 12.5. The average molecular weight is 256 g/mol. The lowest BCUT2D eigenvalue weighted by Crippen LogP contribution is -2.23. The second-order valence-electron chi connectivity index (χ2n) is 6.14. The van der Waals surface area contributed by atoms with Crippen LogP contribution in [0.4, 0.5) is 0 Å². The van der Waals surface area contributed by atoms with Crippen LogP contribution in [0, 0.1) is 5.92 Å². The molecule has 1 saturated heterocycles. The predicted octanol–water partition coefficient (Wildman–Crippen LogP) is 4.30. The first-order valence-corrected chi connectivity index (χ1v) is 8.00. The van der Waals surface area contributed by atoms with E-state index in [-0.39, 0.29) is 12.2 Å². The highest BCUT2D eigenvalue weighted by Gasteiger charge is 2.44. The monoisotopic (exact) mass is 256 g/mol. The van der Waals surface area contributed by atoms with Crippen molar-refractivity contribution in [3.8, 4) is 0 Å². The lowest BCUT2D eigenvalue weighted by Gasteiger charge is -2.10. The molecule has 0 aliphatic carbocycles. The molecule has 0 saturated carbocycles. The van der Waals surface area contributed by atoms with Gasteiger partial charge in [0, 0.05) is 0 Å². The molecule has 1 aliphatic rings. The van der Waals surface area contributed by atoms with Crippen LogP contribution in [-0.4, -0.2) is 23.4 Å². The Bertz CT molecular complexity index is 203. The average Bonchev–Trinajstić information content (AvgIpc) is 3.11. The number of unbranched alkanes of at least 4 members (excludes halogenated alkanes) is 7. The second kappa shape index (κ2) is 8.92. The van der Waals surface area contributed by atoms with Crippen LogP contribution >= 0.6 is 0 Å². The van der Waals surface area contributed by atoms with Gasteiger partial charge in [-0.05, 0) is 12.3 Å². The summed E-state index contributed by atoms with van der Waals surface area (Å²) in [5, 5.41) is 9.83. The van der Waals surface area contributed by atoms with E-state index in [9.17, 15) is 5.11 Å². The summed E-state index contributed by atoms with van der Waals surface area (Å²) >= 11 is 0. The summed E-state index contributed by atoms with van der Waals surface area (Å²) in [7, 11) is 0. The zero-order chi connectivity index (χ0) is 13.4. The maximum absolute atomic E-state index is 9.83. The molecular weight excluding hydrogens is 224 g/mol. The van der Waals surface area contributed by atoms with Gasteiger partial charge in [-0.3, -0.25) is 0 Å². The molecule has 0 amide bonds. The van der Waals surface area contributed by atoms with E-state index in [4.69, 9.17) is 4.74 Å². The second-order valence-corrected chi connectivity index (χ2v) is 6.14. The minimum atomic E-state index is -0.260. The van der Waals surface area contributed by atoms with Gasteiger partial charge in [-0.2, -0.15) is 0 Å². The molecule has 2 nitrogen and oxygen atoms in total. The van der Waals surface area contributed by atoms with Crippen LogP contribution in [0.1, 0.15) is 78.6 Å². The molecular formula is C16H32O2. The van der Waals surface area contributed by atoms with E-state index in [1.54, 1.807) is 0 Å². The Kier molecular flexibility index (Phi) is 7.92. The van der Waals surface area contributed by atoms with Gasteiger partial charge in [0.05, 0.1) is 12.2 Å². The fraction of sp³-hybridized carbons (Fsp3) is 1.00. The molecule has 3 atom stereocenters. The summed E-state index contributed by atoms with van der Waals surface area (Å²) in [4.78, 5) is 0.